The van der Waals surface area contributed by atoms with E-state index in [0.717, 1.165) is 31.2 Å². The van der Waals surface area contributed by atoms with Crippen molar-refractivity contribution in [3.63, 3.8) is 0 Å². The maximum Gasteiger partial charge on any atom is 0.215 e. The third-order valence-electron chi connectivity index (χ3n) is 6.92. The fourth-order valence-electron chi connectivity index (χ4n) is 5.24. The fraction of sp³-hybridized carbons (Fsp3) is 0.500. The average Bonchev–Trinajstić information content (AvgIpc) is 2.70. The van der Waals surface area contributed by atoms with Gasteiger partial charge in [-0.05, 0) is 37.5 Å². The summed E-state index contributed by atoms with van der Waals surface area (Å²) in [6.45, 7) is 9.35. The lowest BCUT2D eigenvalue weighted by atomic mass is 9.58. The van der Waals surface area contributed by atoms with Gasteiger partial charge in [-0.15, -0.1) is 0 Å². The van der Waals surface area contributed by atoms with Crippen LogP contribution in [0.15, 0.2) is 36.5 Å². The first kappa shape index (κ1) is 19.4. The zero-order chi connectivity index (χ0) is 19.8. The highest BCUT2D eigenvalue weighted by Crippen LogP contribution is 2.52. The molecular weight excluding hydrogens is 330 g/mol. The van der Waals surface area contributed by atoms with Crippen LogP contribution < -0.4 is 9.47 Å². The molecule has 0 saturated carbocycles. The van der Waals surface area contributed by atoms with Crippen LogP contribution in [0.1, 0.15) is 64.5 Å². The van der Waals surface area contributed by atoms with Gasteiger partial charge in [0, 0.05) is 44.8 Å². The summed E-state index contributed by atoms with van der Waals surface area (Å²) in [4.78, 5) is 2.15. The third kappa shape index (κ3) is 2.65. The van der Waals surface area contributed by atoms with Gasteiger partial charge >= 0.3 is 0 Å². The van der Waals surface area contributed by atoms with E-state index in [9.17, 15) is 5.26 Å². The van der Waals surface area contributed by atoms with Gasteiger partial charge in [0.2, 0.25) is 5.69 Å². The molecule has 3 nitrogen and oxygen atoms in total. The summed E-state index contributed by atoms with van der Waals surface area (Å²) in [6, 6.07) is 13.1. The molecule has 0 saturated heterocycles. The van der Waals surface area contributed by atoms with Crippen LogP contribution in [-0.4, -0.2) is 14.1 Å². The van der Waals surface area contributed by atoms with Crippen molar-refractivity contribution in [1.82, 2.24) is 0 Å². The zero-order valence-electron chi connectivity index (χ0n) is 17.6. The molecule has 1 aromatic heterocycles. The largest absolute Gasteiger partial charge is 0.377 e. The van der Waals surface area contributed by atoms with E-state index in [-0.39, 0.29) is 11.0 Å². The Balaban J connectivity index is 2.44. The predicted molar refractivity (Wildman–Crippen MR) is 112 cm³/mol. The molecule has 0 aliphatic carbocycles. The molecule has 0 amide bonds. The molecule has 0 spiro atoms. The number of nitriles is 1. The molecule has 2 heterocycles. The number of rotatable bonds is 5. The molecule has 2 atom stereocenters. The van der Waals surface area contributed by atoms with E-state index in [0.29, 0.717) is 0 Å². The van der Waals surface area contributed by atoms with Crippen LogP contribution in [-0.2, 0) is 11.0 Å². The first-order chi connectivity index (χ1) is 12.9. The van der Waals surface area contributed by atoms with E-state index in [1.807, 2.05) is 6.07 Å². The van der Waals surface area contributed by atoms with Crippen LogP contribution in [0.4, 0.5) is 5.69 Å². The number of nitrogens with zero attached hydrogens (tertiary/aromatic N) is 3. The fourth-order valence-corrected chi connectivity index (χ4v) is 5.24. The normalized spacial score (nSPS) is 23.3. The minimum absolute atomic E-state index is 0.0262. The van der Waals surface area contributed by atoms with Crippen LogP contribution >= 0.6 is 0 Å². The molecule has 2 unspecified atom stereocenters. The van der Waals surface area contributed by atoms with E-state index in [1.165, 1.54) is 22.5 Å². The van der Waals surface area contributed by atoms with Gasteiger partial charge in [0.1, 0.15) is 0 Å². The molecule has 3 rings (SSSR count). The first-order valence-electron chi connectivity index (χ1n) is 10.2. The molecule has 0 fully saturated rings. The minimum Gasteiger partial charge on any atom is -0.377 e. The summed E-state index contributed by atoms with van der Waals surface area (Å²) in [5, 5.41) is 9.49. The van der Waals surface area contributed by atoms with Crippen LogP contribution in [0.2, 0.25) is 0 Å². The van der Waals surface area contributed by atoms with Gasteiger partial charge in [0.05, 0.1) is 22.6 Å². The van der Waals surface area contributed by atoms with Gasteiger partial charge in [-0.25, -0.2) is 0 Å². The van der Waals surface area contributed by atoms with Gasteiger partial charge < -0.3 is 4.90 Å². The minimum atomic E-state index is 0.0262. The SMILES string of the molecule is CCCC1(CC)[n+]2ccc(N(C)C)cc2-c2cc(C#N)ccc2C1(C)CC. The smallest absolute Gasteiger partial charge is 0.215 e. The van der Waals surface area contributed by atoms with E-state index in [4.69, 9.17) is 0 Å². The summed E-state index contributed by atoms with van der Waals surface area (Å²) in [5.41, 5.74) is 5.81. The van der Waals surface area contributed by atoms with E-state index < -0.39 is 0 Å². The summed E-state index contributed by atoms with van der Waals surface area (Å²) in [5.74, 6) is 0. The number of aromatic nitrogens is 1. The molecular formula is C24H32N3+. The Bertz CT molecular complexity index is 893. The highest BCUT2D eigenvalue weighted by atomic mass is 15.1. The highest BCUT2D eigenvalue weighted by molar-refractivity contribution is 5.70. The summed E-state index contributed by atoms with van der Waals surface area (Å²) in [7, 11) is 4.16. The van der Waals surface area contributed by atoms with Gasteiger partial charge in [0.15, 0.2) is 11.7 Å². The summed E-state index contributed by atoms with van der Waals surface area (Å²) < 4.78 is 2.52. The lowest BCUT2D eigenvalue weighted by molar-refractivity contribution is -0.770. The molecule has 0 radical (unpaired) electrons. The Morgan fingerprint density at radius 2 is 1.81 bits per heavy atom. The maximum atomic E-state index is 9.49. The van der Waals surface area contributed by atoms with Crippen molar-refractivity contribution >= 4 is 5.69 Å². The molecule has 142 valence electrons. The molecule has 0 N–H and O–H groups in total. The Morgan fingerprint density at radius 3 is 2.37 bits per heavy atom. The van der Waals surface area contributed by atoms with Crippen LogP contribution in [0.25, 0.3) is 11.3 Å². The number of fused-ring (bicyclic) bond motifs is 3. The molecule has 1 aliphatic heterocycles. The number of pyridine rings is 1. The Hall–Kier alpha value is -2.34. The summed E-state index contributed by atoms with van der Waals surface area (Å²) in [6.07, 6.45) is 6.73. The number of anilines is 1. The van der Waals surface area contributed by atoms with Crippen molar-refractivity contribution in [1.29, 1.82) is 5.26 Å². The van der Waals surface area contributed by atoms with Gasteiger partial charge in [0.25, 0.3) is 0 Å². The highest BCUT2D eigenvalue weighted by Gasteiger charge is 2.58. The Kier molecular flexibility index (Phi) is 5.04. The number of benzene rings is 1. The lowest BCUT2D eigenvalue weighted by Crippen LogP contribution is -2.69. The molecule has 3 heteroatoms. The van der Waals surface area contributed by atoms with Gasteiger partial charge in [-0.2, -0.15) is 9.83 Å². The molecule has 1 aromatic carbocycles. The van der Waals surface area contributed by atoms with Crippen molar-refractivity contribution in [3.05, 3.63) is 47.7 Å². The Labute approximate surface area is 164 Å². The van der Waals surface area contributed by atoms with E-state index in [2.05, 4.69) is 87.8 Å². The van der Waals surface area contributed by atoms with Crippen molar-refractivity contribution in [3.8, 4) is 17.3 Å². The van der Waals surface area contributed by atoms with Crippen molar-refractivity contribution in [2.75, 3.05) is 19.0 Å². The molecule has 2 aromatic rings. The van der Waals surface area contributed by atoms with Crippen LogP contribution in [0.5, 0.6) is 0 Å². The van der Waals surface area contributed by atoms with Gasteiger partial charge in [-0.1, -0.05) is 26.8 Å². The quantitative estimate of drug-likeness (QED) is 0.687. The second-order valence-corrected chi connectivity index (χ2v) is 8.23. The first-order valence-corrected chi connectivity index (χ1v) is 10.2. The van der Waals surface area contributed by atoms with Crippen molar-refractivity contribution < 1.29 is 4.57 Å². The molecule has 1 aliphatic rings. The zero-order valence-corrected chi connectivity index (χ0v) is 17.6. The summed E-state index contributed by atoms with van der Waals surface area (Å²) >= 11 is 0. The maximum absolute atomic E-state index is 9.49. The number of hydrogen-bond acceptors (Lipinski definition) is 2. The second-order valence-electron chi connectivity index (χ2n) is 8.23. The molecule has 27 heavy (non-hydrogen) atoms. The van der Waals surface area contributed by atoms with Crippen LogP contribution in [0, 0.1) is 11.3 Å². The predicted octanol–water partition coefficient (Wildman–Crippen LogP) is 5.17. The lowest BCUT2D eigenvalue weighted by Gasteiger charge is -2.48. The Morgan fingerprint density at radius 1 is 1.07 bits per heavy atom. The van der Waals surface area contributed by atoms with E-state index in [1.54, 1.807) is 0 Å². The van der Waals surface area contributed by atoms with Crippen molar-refractivity contribution in [2.45, 2.75) is 64.3 Å². The monoisotopic (exact) mass is 362 g/mol. The average molecular weight is 363 g/mol. The third-order valence-corrected chi connectivity index (χ3v) is 6.92. The van der Waals surface area contributed by atoms with Crippen LogP contribution in [0.3, 0.4) is 0 Å². The van der Waals surface area contributed by atoms with Crippen molar-refractivity contribution in [2.24, 2.45) is 0 Å². The number of hydrogen-bond donors (Lipinski definition) is 0. The van der Waals surface area contributed by atoms with E-state index >= 15 is 0 Å². The standard InChI is InChI=1S/C24H32N3/c1-7-13-24(9-3)23(4,8-2)21-11-10-18(17-25)15-20(21)22-16-19(26(5)6)12-14-27(22)24/h10-12,14-16H,7-9,13H2,1-6H3/q+1. The topological polar surface area (TPSA) is 30.9 Å². The van der Waals surface area contributed by atoms with Gasteiger partial charge in [-0.3, -0.25) is 0 Å². The molecule has 0 bridgehead atoms. The second kappa shape index (κ2) is 7.00.